The van der Waals surface area contributed by atoms with Crippen LogP contribution in [0.2, 0.25) is 10.0 Å². The number of hydrogen-bond acceptors (Lipinski definition) is 3. The van der Waals surface area contributed by atoms with Gasteiger partial charge in [0.1, 0.15) is 0 Å². The predicted octanol–water partition coefficient (Wildman–Crippen LogP) is 4.25. The van der Waals surface area contributed by atoms with Crippen LogP contribution in [0.25, 0.3) is 28.1 Å². The molecule has 0 fully saturated rings. The molecule has 2 heterocycles. The van der Waals surface area contributed by atoms with Crippen LogP contribution in [0.3, 0.4) is 0 Å². The molecule has 0 radical (unpaired) electrons. The summed E-state index contributed by atoms with van der Waals surface area (Å²) in [6.45, 7) is 0. The molecule has 2 aromatic heterocycles. The summed E-state index contributed by atoms with van der Waals surface area (Å²) in [5.41, 5.74) is 3.21. The molecular weight excluding hydrogens is 307 g/mol. The van der Waals surface area contributed by atoms with Crippen LogP contribution in [0.15, 0.2) is 48.7 Å². The molecule has 0 N–H and O–H groups in total. The Labute approximate surface area is 130 Å². The molecule has 102 valence electrons. The zero-order valence-electron chi connectivity index (χ0n) is 10.7. The van der Waals surface area contributed by atoms with Crippen LogP contribution in [-0.4, -0.2) is 19.6 Å². The molecule has 0 unspecified atom stereocenters. The van der Waals surface area contributed by atoms with Crippen molar-refractivity contribution in [2.45, 2.75) is 0 Å². The van der Waals surface area contributed by atoms with Crippen molar-refractivity contribution in [1.82, 2.24) is 19.6 Å². The van der Waals surface area contributed by atoms with Gasteiger partial charge in [0.25, 0.3) is 0 Å². The SMILES string of the molecule is Clc1cc2ncc3nnc(-c4ccccc4)n3c2cc1Cl. The van der Waals surface area contributed by atoms with E-state index < -0.39 is 0 Å². The number of aromatic nitrogens is 4. The highest BCUT2D eigenvalue weighted by Gasteiger charge is 2.13. The quantitative estimate of drug-likeness (QED) is 0.527. The Morgan fingerprint density at radius 1 is 0.905 bits per heavy atom. The van der Waals surface area contributed by atoms with E-state index in [1.54, 1.807) is 18.3 Å². The first-order valence-corrected chi connectivity index (χ1v) is 7.04. The van der Waals surface area contributed by atoms with Crippen LogP contribution >= 0.6 is 23.2 Å². The van der Waals surface area contributed by atoms with Gasteiger partial charge in [-0.2, -0.15) is 0 Å². The molecule has 4 rings (SSSR count). The van der Waals surface area contributed by atoms with Crippen LogP contribution in [0, 0.1) is 0 Å². The summed E-state index contributed by atoms with van der Waals surface area (Å²) >= 11 is 12.2. The molecule has 0 spiro atoms. The molecule has 2 aromatic carbocycles. The molecule has 21 heavy (non-hydrogen) atoms. The van der Waals surface area contributed by atoms with Crippen molar-refractivity contribution in [3.63, 3.8) is 0 Å². The van der Waals surface area contributed by atoms with Crippen LogP contribution in [0.4, 0.5) is 0 Å². The number of fused-ring (bicyclic) bond motifs is 3. The highest BCUT2D eigenvalue weighted by Crippen LogP contribution is 2.29. The Kier molecular flexibility index (Phi) is 2.80. The second-order valence-corrected chi connectivity index (χ2v) is 5.41. The fourth-order valence-corrected chi connectivity index (χ4v) is 2.64. The third-order valence-electron chi connectivity index (χ3n) is 3.30. The summed E-state index contributed by atoms with van der Waals surface area (Å²) in [7, 11) is 0. The van der Waals surface area contributed by atoms with E-state index in [4.69, 9.17) is 23.2 Å². The summed E-state index contributed by atoms with van der Waals surface area (Å²) in [6.07, 6.45) is 1.67. The lowest BCUT2D eigenvalue weighted by Crippen LogP contribution is -1.94. The number of rotatable bonds is 1. The molecule has 0 saturated heterocycles. The van der Waals surface area contributed by atoms with Gasteiger partial charge in [0.15, 0.2) is 11.5 Å². The molecule has 0 atom stereocenters. The number of nitrogens with zero attached hydrogens (tertiary/aromatic N) is 4. The first kappa shape index (κ1) is 12.6. The summed E-state index contributed by atoms with van der Waals surface area (Å²) in [5.74, 6) is 0.747. The lowest BCUT2D eigenvalue weighted by Gasteiger charge is -2.06. The molecule has 0 amide bonds. The van der Waals surface area contributed by atoms with E-state index in [0.29, 0.717) is 15.7 Å². The van der Waals surface area contributed by atoms with E-state index in [-0.39, 0.29) is 0 Å². The topological polar surface area (TPSA) is 43.1 Å². The van der Waals surface area contributed by atoms with E-state index in [0.717, 1.165) is 22.4 Å². The molecular formula is C15H8Cl2N4. The number of halogens is 2. The molecule has 4 nitrogen and oxygen atoms in total. The highest BCUT2D eigenvalue weighted by molar-refractivity contribution is 6.42. The lowest BCUT2D eigenvalue weighted by atomic mass is 10.2. The summed E-state index contributed by atoms with van der Waals surface area (Å²) < 4.78 is 1.93. The molecule has 0 aliphatic heterocycles. The van der Waals surface area contributed by atoms with Crippen LogP contribution in [-0.2, 0) is 0 Å². The van der Waals surface area contributed by atoms with Gasteiger partial charge in [0.2, 0.25) is 0 Å². The molecule has 4 aromatic rings. The third kappa shape index (κ3) is 1.95. The van der Waals surface area contributed by atoms with Gasteiger partial charge in [-0.25, -0.2) is 0 Å². The van der Waals surface area contributed by atoms with Crippen molar-refractivity contribution in [2.24, 2.45) is 0 Å². The van der Waals surface area contributed by atoms with E-state index in [1.807, 2.05) is 34.7 Å². The summed E-state index contributed by atoms with van der Waals surface area (Å²) in [4.78, 5) is 4.35. The average molecular weight is 315 g/mol. The fourth-order valence-electron chi connectivity index (χ4n) is 2.33. The van der Waals surface area contributed by atoms with Crippen LogP contribution in [0.5, 0.6) is 0 Å². The normalized spacial score (nSPS) is 11.3. The largest absolute Gasteiger partial charge is 0.272 e. The Morgan fingerprint density at radius 2 is 1.67 bits per heavy atom. The van der Waals surface area contributed by atoms with E-state index in [9.17, 15) is 0 Å². The maximum absolute atomic E-state index is 6.14. The second kappa shape index (κ2) is 4.69. The third-order valence-corrected chi connectivity index (χ3v) is 4.02. The van der Waals surface area contributed by atoms with Crippen molar-refractivity contribution in [2.75, 3.05) is 0 Å². The van der Waals surface area contributed by atoms with Crippen molar-refractivity contribution >= 4 is 39.9 Å². The van der Waals surface area contributed by atoms with Gasteiger partial charge in [-0.05, 0) is 12.1 Å². The Balaban J connectivity index is 2.14. The van der Waals surface area contributed by atoms with Gasteiger partial charge >= 0.3 is 0 Å². The van der Waals surface area contributed by atoms with Crippen LogP contribution in [0.1, 0.15) is 0 Å². The summed E-state index contributed by atoms with van der Waals surface area (Å²) in [6, 6.07) is 13.4. The van der Waals surface area contributed by atoms with E-state index >= 15 is 0 Å². The Hall–Kier alpha value is -2.17. The van der Waals surface area contributed by atoms with Gasteiger partial charge in [0, 0.05) is 5.56 Å². The van der Waals surface area contributed by atoms with E-state index in [2.05, 4.69) is 15.2 Å². The average Bonchev–Trinajstić information content (AvgIpc) is 2.94. The van der Waals surface area contributed by atoms with Crippen molar-refractivity contribution in [3.8, 4) is 11.4 Å². The van der Waals surface area contributed by atoms with Crippen molar-refractivity contribution in [1.29, 1.82) is 0 Å². The lowest BCUT2D eigenvalue weighted by molar-refractivity contribution is 1.12. The molecule has 0 aliphatic carbocycles. The second-order valence-electron chi connectivity index (χ2n) is 4.60. The Morgan fingerprint density at radius 3 is 2.48 bits per heavy atom. The van der Waals surface area contributed by atoms with Gasteiger partial charge in [-0.3, -0.25) is 9.38 Å². The highest BCUT2D eigenvalue weighted by atomic mass is 35.5. The Bertz CT molecular complexity index is 964. The standard InChI is InChI=1S/C15H8Cl2N4/c16-10-6-12-13(7-11(10)17)21-14(8-18-12)19-20-15(21)9-4-2-1-3-5-9/h1-8H. The minimum Gasteiger partial charge on any atom is -0.272 e. The summed E-state index contributed by atoms with van der Waals surface area (Å²) in [5, 5.41) is 9.39. The van der Waals surface area contributed by atoms with Gasteiger partial charge < -0.3 is 0 Å². The van der Waals surface area contributed by atoms with E-state index in [1.165, 1.54) is 0 Å². The van der Waals surface area contributed by atoms with Crippen LogP contribution < -0.4 is 0 Å². The molecule has 0 aliphatic rings. The predicted molar refractivity (Wildman–Crippen MR) is 83.7 cm³/mol. The molecule has 0 saturated carbocycles. The number of hydrogen-bond donors (Lipinski definition) is 0. The molecule has 0 bridgehead atoms. The number of benzene rings is 2. The van der Waals surface area contributed by atoms with Crippen molar-refractivity contribution in [3.05, 3.63) is 58.7 Å². The van der Waals surface area contributed by atoms with Gasteiger partial charge in [0.05, 0.1) is 27.3 Å². The first-order chi connectivity index (χ1) is 10.2. The zero-order valence-corrected chi connectivity index (χ0v) is 12.2. The monoisotopic (exact) mass is 314 g/mol. The first-order valence-electron chi connectivity index (χ1n) is 6.28. The maximum atomic E-state index is 6.14. The van der Waals surface area contributed by atoms with Gasteiger partial charge in [-0.1, -0.05) is 53.5 Å². The zero-order chi connectivity index (χ0) is 14.4. The fraction of sp³-hybridized carbons (Fsp3) is 0. The maximum Gasteiger partial charge on any atom is 0.180 e. The molecule has 6 heteroatoms. The minimum absolute atomic E-state index is 0.477. The minimum atomic E-state index is 0.477. The smallest absolute Gasteiger partial charge is 0.180 e. The van der Waals surface area contributed by atoms with Crippen molar-refractivity contribution < 1.29 is 0 Å². The van der Waals surface area contributed by atoms with Gasteiger partial charge in [-0.15, -0.1) is 10.2 Å².